The van der Waals surface area contributed by atoms with Crippen molar-refractivity contribution in [2.75, 3.05) is 6.54 Å². The van der Waals surface area contributed by atoms with Gasteiger partial charge in [-0.1, -0.05) is 0 Å². The van der Waals surface area contributed by atoms with Crippen molar-refractivity contribution in [1.82, 2.24) is 15.1 Å². The van der Waals surface area contributed by atoms with Crippen molar-refractivity contribution in [3.8, 4) is 0 Å². The third-order valence-corrected chi connectivity index (χ3v) is 4.56. The van der Waals surface area contributed by atoms with Gasteiger partial charge in [-0.05, 0) is 54.1 Å². The molecule has 1 aromatic heterocycles. The maximum atomic E-state index is 4.31. The van der Waals surface area contributed by atoms with E-state index >= 15 is 0 Å². The van der Waals surface area contributed by atoms with E-state index in [4.69, 9.17) is 0 Å². The molecule has 0 aromatic carbocycles. The third-order valence-electron chi connectivity index (χ3n) is 3.95. The average molecular weight is 284 g/mol. The molecule has 1 heterocycles. The molecule has 2 unspecified atom stereocenters. The molecule has 0 radical (unpaired) electrons. The molecule has 0 bridgehead atoms. The Morgan fingerprint density at radius 1 is 1.44 bits per heavy atom. The minimum absolute atomic E-state index is 0.702. The van der Waals surface area contributed by atoms with Gasteiger partial charge in [0.2, 0.25) is 0 Å². The lowest BCUT2D eigenvalue weighted by Gasteiger charge is -2.37. The van der Waals surface area contributed by atoms with E-state index in [1.54, 1.807) is 0 Å². The summed E-state index contributed by atoms with van der Waals surface area (Å²) in [5.74, 6) is 1.51. The van der Waals surface area contributed by atoms with Gasteiger partial charge in [0.05, 0.1) is 16.4 Å². The van der Waals surface area contributed by atoms with Crippen molar-refractivity contribution < 1.29 is 0 Å². The summed E-state index contributed by atoms with van der Waals surface area (Å²) < 4.78 is 3.20. The van der Waals surface area contributed by atoms with Gasteiger partial charge >= 0.3 is 0 Å². The van der Waals surface area contributed by atoms with Gasteiger partial charge in [0.15, 0.2) is 0 Å². The van der Waals surface area contributed by atoms with Crippen LogP contribution in [0.5, 0.6) is 0 Å². The summed E-state index contributed by atoms with van der Waals surface area (Å²) in [5, 5.41) is 7.95. The van der Waals surface area contributed by atoms with Gasteiger partial charge in [-0.2, -0.15) is 5.10 Å². The fourth-order valence-electron chi connectivity index (χ4n) is 2.62. The van der Waals surface area contributed by atoms with Crippen LogP contribution >= 0.6 is 15.9 Å². The first-order valence-electron chi connectivity index (χ1n) is 6.16. The largest absolute Gasteiger partial charge is 0.314 e. The highest BCUT2D eigenvalue weighted by atomic mass is 79.9. The normalized spacial score (nSPS) is 29.1. The Bertz CT molecular complexity index is 364. The zero-order valence-corrected chi connectivity index (χ0v) is 11.2. The molecule has 2 atom stereocenters. The van der Waals surface area contributed by atoms with Gasteiger partial charge in [0.1, 0.15) is 0 Å². The molecule has 0 spiro atoms. The Balaban J connectivity index is 1.65. The highest BCUT2D eigenvalue weighted by Crippen LogP contribution is 2.44. The van der Waals surface area contributed by atoms with Gasteiger partial charge < -0.3 is 5.32 Å². The molecule has 0 saturated heterocycles. The first kappa shape index (κ1) is 10.8. The number of rotatable bonds is 4. The lowest BCUT2D eigenvalue weighted by atomic mass is 9.71. The number of hydrogen-bond acceptors (Lipinski definition) is 2. The Morgan fingerprint density at radius 3 is 2.75 bits per heavy atom. The second-order valence-electron chi connectivity index (χ2n) is 5.13. The fraction of sp³-hybridized carbons (Fsp3) is 0.750. The van der Waals surface area contributed by atoms with Gasteiger partial charge in [0.25, 0.3) is 0 Å². The quantitative estimate of drug-likeness (QED) is 0.920. The molecule has 2 aliphatic rings. The topological polar surface area (TPSA) is 29.9 Å². The van der Waals surface area contributed by atoms with Crippen molar-refractivity contribution >= 4 is 15.9 Å². The van der Waals surface area contributed by atoms with Gasteiger partial charge in [0, 0.05) is 19.0 Å². The van der Waals surface area contributed by atoms with Crippen LogP contribution in [0.2, 0.25) is 0 Å². The fourth-order valence-corrected chi connectivity index (χ4v) is 3.26. The number of halogens is 1. The summed E-state index contributed by atoms with van der Waals surface area (Å²) in [6.45, 7) is 1.19. The molecule has 3 rings (SSSR count). The zero-order chi connectivity index (χ0) is 11.1. The SMILES string of the molecule is Cn1ncc(Br)c1C1CCC1CNC1CC1. The van der Waals surface area contributed by atoms with E-state index in [-0.39, 0.29) is 0 Å². The molecule has 1 N–H and O–H groups in total. The number of aryl methyl sites for hydroxylation is 1. The Hall–Kier alpha value is -0.350. The van der Waals surface area contributed by atoms with Gasteiger partial charge in [-0.25, -0.2) is 0 Å². The number of aromatic nitrogens is 2. The summed E-state index contributed by atoms with van der Waals surface area (Å²) in [4.78, 5) is 0. The van der Waals surface area contributed by atoms with Gasteiger partial charge in [-0.3, -0.25) is 4.68 Å². The first-order valence-corrected chi connectivity index (χ1v) is 6.96. The van der Waals surface area contributed by atoms with E-state index in [9.17, 15) is 0 Å². The van der Waals surface area contributed by atoms with Crippen LogP contribution in [0, 0.1) is 5.92 Å². The monoisotopic (exact) mass is 283 g/mol. The van der Waals surface area contributed by atoms with Crippen LogP contribution in [0.4, 0.5) is 0 Å². The molecule has 2 saturated carbocycles. The van der Waals surface area contributed by atoms with E-state index in [0.717, 1.165) is 12.0 Å². The highest BCUT2D eigenvalue weighted by Gasteiger charge is 2.36. The number of nitrogens with zero attached hydrogens (tertiary/aromatic N) is 2. The molecular formula is C12H18BrN3. The Morgan fingerprint density at radius 2 is 2.25 bits per heavy atom. The highest BCUT2D eigenvalue weighted by molar-refractivity contribution is 9.10. The van der Waals surface area contributed by atoms with E-state index in [1.165, 1.54) is 42.4 Å². The second-order valence-corrected chi connectivity index (χ2v) is 5.98. The molecule has 1 aromatic rings. The molecule has 0 aliphatic heterocycles. The lowest BCUT2D eigenvalue weighted by molar-refractivity contribution is 0.234. The van der Waals surface area contributed by atoms with E-state index in [2.05, 4.69) is 26.3 Å². The number of nitrogens with one attached hydrogen (secondary N) is 1. The van der Waals surface area contributed by atoms with Crippen LogP contribution in [0.3, 0.4) is 0 Å². The molecule has 88 valence electrons. The lowest BCUT2D eigenvalue weighted by Crippen LogP contribution is -2.35. The maximum absolute atomic E-state index is 4.31. The van der Waals surface area contributed by atoms with E-state index < -0.39 is 0 Å². The Labute approximate surface area is 105 Å². The molecular weight excluding hydrogens is 266 g/mol. The van der Waals surface area contributed by atoms with Crippen LogP contribution < -0.4 is 5.32 Å². The predicted molar refractivity (Wildman–Crippen MR) is 67.4 cm³/mol. The van der Waals surface area contributed by atoms with Crippen molar-refractivity contribution in [1.29, 1.82) is 0 Å². The summed E-state index contributed by atoms with van der Waals surface area (Å²) in [5.41, 5.74) is 1.38. The summed E-state index contributed by atoms with van der Waals surface area (Å²) >= 11 is 3.61. The Kier molecular flexibility index (Phi) is 2.80. The van der Waals surface area contributed by atoms with E-state index in [0.29, 0.717) is 5.92 Å². The zero-order valence-electron chi connectivity index (χ0n) is 9.62. The minimum atomic E-state index is 0.702. The number of hydrogen-bond donors (Lipinski definition) is 1. The third kappa shape index (κ3) is 1.93. The molecule has 2 aliphatic carbocycles. The van der Waals surface area contributed by atoms with Crippen molar-refractivity contribution in [2.24, 2.45) is 13.0 Å². The first-order chi connectivity index (χ1) is 7.75. The van der Waals surface area contributed by atoms with Crippen LogP contribution in [-0.2, 0) is 7.05 Å². The summed E-state index contributed by atoms with van der Waals surface area (Å²) in [6.07, 6.45) is 7.36. The van der Waals surface area contributed by atoms with Crippen LogP contribution in [0.25, 0.3) is 0 Å². The predicted octanol–water partition coefficient (Wildman–Crippen LogP) is 2.43. The maximum Gasteiger partial charge on any atom is 0.0635 e. The second kappa shape index (κ2) is 4.15. The average Bonchev–Trinajstić information content (AvgIpc) is 2.99. The van der Waals surface area contributed by atoms with Crippen LogP contribution in [0.1, 0.15) is 37.3 Å². The summed E-state index contributed by atoms with van der Waals surface area (Å²) in [6, 6.07) is 0.830. The van der Waals surface area contributed by atoms with Crippen molar-refractivity contribution in [3.63, 3.8) is 0 Å². The molecule has 2 fully saturated rings. The minimum Gasteiger partial charge on any atom is -0.314 e. The van der Waals surface area contributed by atoms with Crippen LogP contribution in [0.15, 0.2) is 10.7 Å². The molecule has 3 nitrogen and oxygen atoms in total. The standard InChI is InChI=1S/C12H18BrN3/c1-16-12(11(13)7-15-16)10-5-2-8(10)6-14-9-3-4-9/h7-10,14H,2-6H2,1H3. The molecule has 16 heavy (non-hydrogen) atoms. The molecule has 0 amide bonds. The van der Waals surface area contributed by atoms with Crippen molar-refractivity contribution in [3.05, 3.63) is 16.4 Å². The molecule has 4 heteroatoms. The van der Waals surface area contributed by atoms with Crippen LogP contribution in [-0.4, -0.2) is 22.4 Å². The van der Waals surface area contributed by atoms with Gasteiger partial charge in [-0.15, -0.1) is 0 Å². The van der Waals surface area contributed by atoms with Crippen molar-refractivity contribution in [2.45, 2.75) is 37.6 Å². The summed E-state index contributed by atoms with van der Waals surface area (Å²) in [7, 11) is 2.05. The van der Waals surface area contributed by atoms with E-state index in [1.807, 2.05) is 17.9 Å². The smallest absolute Gasteiger partial charge is 0.0635 e.